The molecule has 0 unspecified atom stereocenters. The van der Waals surface area contributed by atoms with Crippen LogP contribution in [0.4, 0.5) is 0 Å². The highest BCUT2D eigenvalue weighted by atomic mass is 16.5. The quantitative estimate of drug-likeness (QED) is 0.700. The van der Waals surface area contributed by atoms with E-state index in [1.54, 1.807) is 31.3 Å². The third kappa shape index (κ3) is 4.47. The number of carbonyl (C=O) groups excluding carboxylic acids is 2. The van der Waals surface area contributed by atoms with Crippen molar-refractivity contribution in [3.8, 4) is 6.07 Å². The van der Waals surface area contributed by atoms with E-state index in [9.17, 15) is 14.4 Å². The zero-order valence-electron chi connectivity index (χ0n) is 14.1. The lowest BCUT2D eigenvalue weighted by Gasteiger charge is -2.20. The summed E-state index contributed by atoms with van der Waals surface area (Å²) in [6, 6.07) is 8.86. The van der Waals surface area contributed by atoms with Crippen LogP contribution >= 0.6 is 0 Å². The standard InChI is InChI=1S/C17H19N3O5/c1-12(16(22)19(2)10-5-9-18)24-15(21)8-11-20-13-6-3-4-7-14(13)25-17(20)23/h3-4,6-7,12H,5,8,10-11H2,1-2H3/t12-/m0/s1. The van der Waals surface area contributed by atoms with Crippen molar-refractivity contribution in [1.29, 1.82) is 5.26 Å². The van der Waals surface area contributed by atoms with Gasteiger partial charge in [-0.05, 0) is 19.1 Å². The van der Waals surface area contributed by atoms with Gasteiger partial charge in [-0.15, -0.1) is 0 Å². The summed E-state index contributed by atoms with van der Waals surface area (Å²) in [5.74, 6) is -1.52. The molecule has 1 atom stereocenters. The molecule has 0 radical (unpaired) electrons. The van der Waals surface area contributed by atoms with Gasteiger partial charge >= 0.3 is 11.7 Å². The lowest BCUT2D eigenvalue weighted by Crippen LogP contribution is -2.38. The Kier molecular flexibility index (Phi) is 5.95. The monoisotopic (exact) mass is 345 g/mol. The van der Waals surface area contributed by atoms with Crippen molar-refractivity contribution >= 4 is 23.0 Å². The van der Waals surface area contributed by atoms with E-state index in [0.29, 0.717) is 11.1 Å². The number of oxazole rings is 1. The Hall–Kier alpha value is -3.08. The van der Waals surface area contributed by atoms with E-state index >= 15 is 0 Å². The van der Waals surface area contributed by atoms with Crippen LogP contribution in [-0.4, -0.2) is 41.0 Å². The average molecular weight is 345 g/mol. The number of hydrogen-bond donors (Lipinski definition) is 0. The predicted octanol–water partition coefficient (Wildman–Crippen LogP) is 1.29. The number of ether oxygens (including phenoxy) is 1. The predicted molar refractivity (Wildman–Crippen MR) is 88.5 cm³/mol. The first-order valence-electron chi connectivity index (χ1n) is 7.84. The Labute approximate surface area is 144 Å². The van der Waals surface area contributed by atoms with Crippen molar-refractivity contribution in [2.24, 2.45) is 0 Å². The lowest BCUT2D eigenvalue weighted by atomic mass is 10.3. The Morgan fingerprint density at radius 3 is 2.84 bits per heavy atom. The lowest BCUT2D eigenvalue weighted by molar-refractivity contribution is -0.158. The number of nitriles is 1. The summed E-state index contributed by atoms with van der Waals surface area (Å²) >= 11 is 0. The van der Waals surface area contributed by atoms with Gasteiger partial charge in [0.1, 0.15) is 0 Å². The van der Waals surface area contributed by atoms with E-state index in [0.717, 1.165) is 0 Å². The molecule has 0 N–H and O–H groups in total. The van der Waals surface area contributed by atoms with Crippen LogP contribution in [-0.2, 0) is 20.9 Å². The average Bonchev–Trinajstić information content (AvgIpc) is 2.92. The molecule has 132 valence electrons. The van der Waals surface area contributed by atoms with Crippen molar-refractivity contribution < 1.29 is 18.7 Å². The smallest absolute Gasteiger partial charge is 0.419 e. The molecule has 0 aliphatic rings. The number of likely N-dealkylation sites (N-methyl/N-ethyl adjacent to an activating group) is 1. The zero-order valence-corrected chi connectivity index (χ0v) is 14.1. The molecule has 0 fully saturated rings. The zero-order chi connectivity index (χ0) is 18.4. The number of benzene rings is 1. The third-order valence-electron chi connectivity index (χ3n) is 3.70. The minimum absolute atomic E-state index is 0.0665. The largest absolute Gasteiger partial charge is 0.452 e. The van der Waals surface area contributed by atoms with Gasteiger partial charge in [0.25, 0.3) is 5.91 Å². The topological polar surface area (TPSA) is 106 Å². The van der Waals surface area contributed by atoms with Gasteiger partial charge in [-0.2, -0.15) is 5.26 Å². The molecule has 0 aliphatic heterocycles. The Morgan fingerprint density at radius 2 is 2.12 bits per heavy atom. The maximum atomic E-state index is 12.0. The second-order valence-corrected chi connectivity index (χ2v) is 5.54. The van der Waals surface area contributed by atoms with E-state index in [-0.39, 0.29) is 31.8 Å². The number of aromatic nitrogens is 1. The summed E-state index contributed by atoms with van der Waals surface area (Å²) in [5, 5.41) is 8.53. The summed E-state index contributed by atoms with van der Waals surface area (Å²) in [6.07, 6.45) is -0.809. The first kappa shape index (κ1) is 18.3. The van der Waals surface area contributed by atoms with Gasteiger partial charge in [0.2, 0.25) is 0 Å². The van der Waals surface area contributed by atoms with Crippen LogP contribution in [0.2, 0.25) is 0 Å². The molecular formula is C17H19N3O5. The van der Waals surface area contributed by atoms with Crippen LogP contribution in [0.1, 0.15) is 19.8 Å². The number of aryl methyl sites for hydroxylation is 1. The molecule has 0 saturated carbocycles. The Balaban J connectivity index is 1.92. The molecule has 0 spiro atoms. The fourth-order valence-corrected chi connectivity index (χ4v) is 2.37. The van der Waals surface area contributed by atoms with Crippen molar-refractivity contribution in [2.75, 3.05) is 13.6 Å². The van der Waals surface area contributed by atoms with Crippen molar-refractivity contribution in [2.45, 2.75) is 32.4 Å². The third-order valence-corrected chi connectivity index (χ3v) is 3.70. The summed E-state index contributed by atoms with van der Waals surface area (Å²) in [7, 11) is 1.54. The number of nitrogens with zero attached hydrogens (tertiary/aromatic N) is 3. The number of fused-ring (bicyclic) bond motifs is 1. The number of carbonyl (C=O) groups is 2. The van der Waals surface area contributed by atoms with Crippen LogP contribution in [0.25, 0.3) is 11.1 Å². The summed E-state index contributed by atoms with van der Waals surface area (Å²) in [5.41, 5.74) is 1.05. The van der Waals surface area contributed by atoms with E-state index in [4.69, 9.17) is 14.4 Å². The van der Waals surface area contributed by atoms with Gasteiger partial charge in [0, 0.05) is 20.1 Å². The Bertz CT molecular complexity index is 861. The molecule has 0 aliphatic carbocycles. The van der Waals surface area contributed by atoms with Gasteiger partial charge in [-0.3, -0.25) is 14.2 Å². The molecule has 1 amide bonds. The van der Waals surface area contributed by atoms with Crippen LogP contribution in [0.5, 0.6) is 0 Å². The van der Waals surface area contributed by atoms with Gasteiger partial charge in [0.05, 0.1) is 24.4 Å². The minimum Gasteiger partial charge on any atom is -0.452 e. The second kappa shape index (κ2) is 8.15. The normalized spacial score (nSPS) is 11.7. The molecule has 8 nitrogen and oxygen atoms in total. The molecular weight excluding hydrogens is 326 g/mol. The molecule has 2 aromatic rings. The van der Waals surface area contributed by atoms with E-state index in [1.165, 1.54) is 16.4 Å². The van der Waals surface area contributed by atoms with Crippen molar-refractivity contribution in [3.05, 3.63) is 34.8 Å². The SMILES string of the molecule is C[C@H](OC(=O)CCn1c(=O)oc2ccccc21)C(=O)N(C)CCC#N. The summed E-state index contributed by atoms with van der Waals surface area (Å²) < 4.78 is 11.5. The van der Waals surface area contributed by atoms with Gasteiger partial charge in [-0.25, -0.2) is 4.79 Å². The van der Waals surface area contributed by atoms with Gasteiger partial charge in [0.15, 0.2) is 11.7 Å². The maximum absolute atomic E-state index is 12.0. The molecule has 1 heterocycles. The van der Waals surface area contributed by atoms with Crippen LogP contribution in [0, 0.1) is 11.3 Å². The maximum Gasteiger partial charge on any atom is 0.419 e. The van der Waals surface area contributed by atoms with E-state index in [2.05, 4.69) is 0 Å². The number of amides is 1. The number of para-hydroxylation sites is 2. The van der Waals surface area contributed by atoms with E-state index in [1.807, 2.05) is 6.07 Å². The minimum atomic E-state index is -0.950. The molecule has 1 aromatic carbocycles. The van der Waals surface area contributed by atoms with E-state index < -0.39 is 17.8 Å². The number of esters is 1. The van der Waals surface area contributed by atoms with Crippen LogP contribution < -0.4 is 5.76 Å². The molecule has 0 bridgehead atoms. The fourth-order valence-electron chi connectivity index (χ4n) is 2.37. The molecule has 25 heavy (non-hydrogen) atoms. The molecule has 0 saturated heterocycles. The first-order chi connectivity index (χ1) is 11.9. The van der Waals surface area contributed by atoms with Crippen LogP contribution in [0.15, 0.2) is 33.5 Å². The van der Waals surface area contributed by atoms with Crippen molar-refractivity contribution in [1.82, 2.24) is 9.47 Å². The molecule has 1 aromatic heterocycles. The van der Waals surface area contributed by atoms with Gasteiger partial charge in [-0.1, -0.05) is 12.1 Å². The summed E-state index contributed by atoms with van der Waals surface area (Å²) in [4.78, 5) is 37.1. The summed E-state index contributed by atoms with van der Waals surface area (Å²) in [6.45, 7) is 1.84. The molecule has 8 heteroatoms. The Morgan fingerprint density at radius 1 is 1.40 bits per heavy atom. The fraction of sp³-hybridized carbons (Fsp3) is 0.412. The van der Waals surface area contributed by atoms with Crippen LogP contribution in [0.3, 0.4) is 0 Å². The highest BCUT2D eigenvalue weighted by Crippen LogP contribution is 2.12. The molecule has 2 rings (SSSR count). The second-order valence-electron chi connectivity index (χ2n) is 5.54. The number of rotatable bonds is 7. The highest BCUT2D eigenvalue weighted by Gasteiger charge is 2.21. The van der Waals surface area contributed by atoms with Crippen molar-refractivity contribution in [3.63, 3.8) is 0 Å². The first-order valence-corrected chi connectivity index (χ1v) is 7.84. The van der Waals surface area contributed by atoms with Gasteiger partial charge < -0.3 is 14.1 Å². The highest BCUT2D eigenvalue weighted by molar-refractivity contribution is 5.83. The number of hydrogen-bond acceptors (Lipinski definition) is 6.